The van der Waals surface area contributed by atoms with Crippen molar-refractivity contribution in [3.05, 3.63) is 194 Å². The monoisotopic (exact) mass is 636 g/mol. The van der Waals surface area contributed by atoms with Crippen LogP contribution < -0.4 is 0 Å². The Balaban J connectivity index is 1.23. The number of hydrogen-bond donors (Lipinski definition) is 0. The summed E-state index contributed by atoms with van der Waals surface area (Å²) in [6, 6.07) is 70.4. The Kier molecular flexibility index (Phi) is 6.53. The Morgan fingerprint density at radius 3 is 1.40 bits per heavy atom. The van der Waals surface area contributed by atoms with Crippen LogP contribution in [0.2, 0.25) is 0 Å². The van der Waals surface area contributed by atoms with Gasteiger partial charge in [-0.1, -0.05) is 152 Å². The highest BCUT2D eigenvalue weighted by atomic mass is 15.0. The largest absolute Gasteiger partial charge is 0.309 e. The van der Waals surface area contributed by atoms with E-state index < -0.39 is 0 Å². The summed E-state index contributed by atoms with van der Waals surface area (Å²) in [5, 5.41) is 5.01. The summed E-state index contributed by atoms with van der Waals surface area (Å²) in [6.07, 6.45) is 0. The lowest BCUT2D eigenvalue weighted by atomic mass is 9.95. The zero-order valence-electron chi connectivity index (χ0n) is 27.4. The molecule has 0 amide bonds. The minimum absolute atomic E-state index is 1.17. The average molecular weight is 637 g/mol. The van der Waals surface area contributed by atoms with E-state index >= 15 is 0 Å². The van der Waals surface area contributed by atoms with E-state index in [2.05, 4.69) is 203 Å². The van der Waals surface area contributed by atoms with Crippen molar-refractivity contribution in [1.82, 2.24) is 9.13 Å². The van der Waals surface area contributed by atoms with Crippen LogP contribution in [0.25, 0.3) is 88.4 Å². The van der Waals surface area contributed by atoms with Gasteiger partial charge in [0.2, 0.25) is 0 Å². The predicted octanol–water partition coefficient (Wildman–Crippen LogP) is 12.9. The zero-order valence-corrected chi connectivity index (χ0v) is 27.4. The summed E-state index contributed by atoms with van der Waals surface area (Å²) in [4.78, 5) is 0. The molecule has 0 spiro atoms. The molecule has 10 aromatic rings. The molecule has 0 aliphatic carbocycles. The molecule has 0 bridgehead atoms. The van der Waals surface area contributed by atoms with E-state index in [1.807, 2.05) is 0 Å². The van der Waals surface area contributed by atoms with Gasteiger partial charge in [0.15, 0.2) is 0 Å². The molecule has 0 radical (unpaired) electrons. The van der Waals surface area contributed by atoms with Crippen LogP contribution in [0.15, 0.2) is 194 Å². The first-order valence-electron chi connectivity index (χ1n) is 17.2. The van der Waals surface area contributed by atoms with E-state index in [4.69, 9.17) is 0 Å². The van der Waals surface area contributed by atoms with Gasteiger partial charge in [-0.3, -0.25) is 0 Å². The molecule has 234 valence electrons. The molecular formula is C48H32N2. The molecule has 10 rings (SSSR count). The van der Waals surface area contributed by atoms with Crippen LogP contribution >= 0.6 is 0 Å². The fraction of sp³-hybridized carbons (Fsp3) is 0. The SMILES string of the molecule is c1ccc(-c2cccc(-c3ccccc3)c2-n2c3ccccc3c3cc(-c4ccc5c6ccccc6n(-c6ccccc6)c5c4)ccc32)cc1. The summed E-state index contributed by atoms with van der Waals surface area (Å²) in [6.45, 7) is 0. The number of fused-ring (bicyclic) bond motifs is 6. The Bertz CT molecular complexity index is 2780. The first kappa shape index (κ1) is 28.4. The second-order valence-corrected chi connectivity index (χ2v) is 12.9. The number of benzene rings is 8. The molecule has 0 aliphatic heterocycles. The number of rotatable bonds is 5. The lowest BCUT2D eigenvalue weighted by Crippen LogP contribution is -2.00. The zero-order chi connectivity index (χ0) is 33.0. The van der Waals surface area contributed by atoms with Gasteiger partial charge in [-0.05, 0) is 64.7 Å². The maximum atomic E-state index is 2.48. The van der Waals surface area contributed by atoms with Gasteiger partial charge in [-0.15, -0.1) is 0 Å². The molecule has 2 heteroatoms. The van der Waals surface area contributed by atoms with Crippen molar-refractivity contribution < 1.29 is 0 Å². The Morgan fingerprint density at radius 1 is 0.260 bits per heavy atom. The van der Waals surface area contributed by atoms with Gasteiger partial charge in [-0.25, -0.2) is 0 Å². The van der Waals surface area contributed by atoms with Gasteiger partial charge in [0.25, 0.3) is 0 Å². The lowest BCUT2D eigenvalue weighted by molar-refractivity contribution is 1.18. The third-order valence-corrected chi connectivity index (χ3v) is 10.1. The van der Waals surface area contributed by atoms with Crippen LogP contribution in [0.5, 0.6) is 0 Å². The highest BCUT2D eigenvalue weighted by molar-refractivity contribution is 6.13. The van der Waals surface area contributed by atoms with Crippen LogP contribution in [-0.4, -0.2) is 9.13 Å². The van der Waals surface area contributed by atoms with Gasteiger partial charge in [0, 0.05) is 38.4 Å². The summed E-state index contributed by atoms with van der Waals surface area (Å²) in [5.41, 5.74) is 14.4. The Morgan fingerprint density at radius 2 is 0.740 bits per heavy atom. The molecule has 0 saturated heterocycles. The quantitative estimate of drug-likeness (QED) is 0.178. The molecule has 2 nitrogen and oxygen atoms in total. The number of nitrogens with zero attached hydrogens (tertiary/aromatic N) is 2. The fourth-order valence-electron chi connectivity index (χ4n) is 7.88. The van der Waals surface area contributed by atoms with E-state index in [0.717, 1.165) is 0 Å². The molecule has 2 heterocycles. The molecule has 2 aromatic heterocycles. The van der Waals surface area contributed by atoms with Gasteiger partial charge < -0.3 is 9.13 Å². The second kappa shape index (κ2) is 11.5. The Labute approximate surface area is 290 Å². The van der Waals surface area contributed by atoms with Crippen LogP contribution in [-0.2, 0) is 0 Å². The number of para-hydroxylation sites is 4. The van der Waals surface area contributed by atoms with E-state index in [9.17, 15) is 0 Å². The van der Waals surface area contributed by atoms with Crippen molar-refractivity contribution in [2.75, 3.05) is 0 Å². The topological polar surface area (TPSA) is 9.86 Å². The van der Waals surface area contributed by atoms with Crippen LogP contribution in [0.1, 0.15) is 0 Å². The van der Waals surface area contributed by atoms with Gasteiger partial charge in [-0.2, -0.15) is 0 Å². The lowest BCUT2D eigenvalue weighted by Gasteiger charge is -2.19. The maximum absolute atomic E-state index is 2.48. The average Bonchev–Trinajstić information content (AvgIpc) is 3.70. The smallest absolute Gasteiger partial charge is 0.0618 e. The third-order valence-electron chi connectivity index (χ3n) is 10.1. The van der Waals surface area contributed by atoms with Gasteiger partial charge in [0.05, 0.1) is 27.8 Å². The molecule has 0 aliphatic rings. The molecule has 0 N–H and O–H groups in total. The fourth-order valence-corrected chi connectivity index (χ4v) is 7.88. The highest BCUT2D eigenvalue weighted by Crippen LogP contribution is 2.42. The van der Waals surface area contributed by atoms with Crippen molar-refractivity contribution in [3.63, 3.8) is 0 Å². The van der Waals surface area contributed by atoms with Crippen molar-refractivity contribution >= 4 is 43.6 Å². The standard InChI is InChI=1S/C48H32N2/c1-4-15-33(16-5-1)38-23-14-24-39(34-17-6-2-7-18-34)48(38)50-45-26-13-11-22-41(45)43-31-35(28-30-46(43)50)36-27-29-42-40-21-10-12-25-44(40)49(47(42)32-36)37-19-8-3-9-20-37/h1-32H. The molecule has 0 fully saturated rings. The van der Waals surface area contributed by atoms with Gasteiger partial charge in [0.1, 0.15) is 0 Å². The molecule has 0 atom stereocenters. The number of aromatic nitrogens is 2. The summed E-state index contributed by atoms with van der Waals surface area (Å²) in [7, 11) is 0. The Hall–Kier alpha value is -6.64. The first-order chi connectivity index (χ1) is 24.8. The van der Waals surface area contributed by atoms with E-state index in [0.29, 0.717) is 0 Å². The normalized spacial score (nSPS) is 11.6. The minimum Gasteiger partial charge on any atom is -0.309 e. The summed E-state index contributed by atoms with van der Waals surface area (Å²) >= 11 is 0. The van der Waals surface area contributed by atoms with Crippen LogP contribution in [0.3, 0.4) is 0 Å². The third kappa shape index (κ3) is 4.43. The summed E-state index contributed by atoms with van der Waals surface area (Å²) in [5.74, 6) is 0. The second-order valence-electron chi connectivity index (χ2n) is 12.9. The van der Waals surface area contributed by atoms with Crippen molar-refractivity contribution in [2.24, 2.45) is 0 Å². The van der Waals surface area contributed by atoms with E-state index in [1.165, 1.54) is 88.4 Å². The van der Waals surface area contributed by atoms with Crippen molar-refractivity contribution in [3.8, 4) is 44.8 Å². The predicted molar refractivity (Wildman–Crippen MR) is 211 cm³/mol. The van der Waals surface area contributed by atoms with Gasteiger partial charge >= 0.3 is 0 Å². The van der Waals surface area contributed by atoms with Crippen molar-refractivity contribution in [2.45, 2.75) is 0 Å². The molecular weight excluding hydrogens is 605 g/mol. The maximum Gasteiger partial charge on any atom is 0.0618 e. The molecule has 0 saturated carbocycles. The number of hydrogen-bond acceptors (Lipinski definition) is 0. The minimum atomic E-state index is 1.17. The van der Waals surface area contributed by atoms with E-state index in [1.54, 1.807) is 0 Å². The molecule has 8 aromatic carbocycles. The van der Waals surface area contributed by atoms with Crippen LogP contribution in [0, 0.1) is 0 Å². The molecule has 50 heavy (non-hydrogen) atoms. The first-order valence-corrected chi connectivity index (χ1v) is 17.2. The summed E-state index contributed by atoms with van der Waals surface area (Å²) < 4.78 is 4.87. The molecule has 0 unspecified atom stereocenters. The van der Waals surface area contributed by atoms with E-state index in [-0.39, 0.29) is 0 Å². The highest BCUT2D eigenvalue weighted by Gasteiger charge is 2.20. The van der Waals surface area contributed by atoms with Crippen molar-refractivity contribution in [1.29, 1.82) is 0 Å². The van der Waals surface area contributed by atoms with Crippen LogP contribution in [0.4, 0.5) is 0 Å².